The third-order valence-electron chi connectivity index (χ3n) is 5.80. The molecular weight excluding hydrogens is 312 g/mol. The summed E-state index contributed by atoms with van der Waals surface area (Å²) in [6.07, 6.45) is 8.29. The van der Waals surface area contributed by atoms with Crippen LogP contribution in [0, 0.1) is 5.92 Å². The Balaban J connectivity index is 1.47. The average molecular weight is 343 g/mol. The van der Waals surface area contributed by atoms with Crippen LogP contribution in [0.2, 0.25) is 0 Å². The lowest BCUT2D eigenvalue weighted by Crippen LogP contribution is -2.39. The van der Waals surface area contributed by atoms with Gasteiger partial charge in [-0.05, 0) is 44.6 Å². The Morgan fingerprint density at radius 2 is 1.70 bits per heavy atom. The van der Waals surface area contributed by atoms with Crippen LogP contribution in [0.15, 0.2) is 0 Å². The number of nitrogens with zero attached hydrogens (tertiary/aromatic N) is 2. The van der Waals surface area contributed by atoms with Crippen molar-refractivity contribution in [2.75, 3.05) is 38.5 Å². The van der Waals surface area contributed by atoms with Crippen molar-refractivity contribution in [3.63, 3.8) is 0 Å². The Hall–Kier alpha value is -0.620. The fraction of sp³-hybridized carbons (Fsp3) is 0.941. The van der Waals surface area contributed by atoms with Gasteiger partial charge >= 0.3 is 0 Å². The van der Waals surface area contributed by atoms with Gasteiger partial charge in [-0.3, -0.25) is 4.79 Å². The van der Waals surface area contributed by atoms with Crippen LogP contribution in [0.5, 0.6) is 0 Å². The molecule has 0 aromatic rings. The number of carbonyl (C=O) groups is 1. The lowest BCUT2D eigenvalue weighted by Gasteiger charge is -2.24. The average Bonchev–Trinajstić information content (AvgIpc) is 3.04. The van der Waals surface area contributed by atoms with Gasteiger partial charge < -0.3 is 9.80 Å². The quantitative estimate of drug-likeness (QED) is 0.780. The molecule has 2 saturated heterocycles. The molecule has 1 aliphatic carbocycles. The Labute approximate surface area is 140 Å². The molecule has 0 aromatic carbocycles. The first kappa shape index (κ1) is 17.2. The molecule has 1 atom stereocenters. The number of rotatable bonds is 4. The first-order chi connectivity index (χ1) is 11.0. The highest BCUT2D eigenvalue weighted by molar-refractivity contribution is 7.92. The van der Waals surface area contributed by atoms with E-state index in [0.717, 1.165) is 51.9 Å². The Kier molecular flexibility index (Phi) is 5.62. The second-order valence-electron chi connectivity index (χ2n) is 7.52. The van der Waals surface area contributed by atoms with Gasteiger partial charge in [0.1, 0.15) is 0 Å². The van der Waals surface area contributed by atoms with Gasteiger partial charge in [0.25, 0.3) is 0 Å². The molecule has 2 heterocycles. The van der Waals surface area contributed by atoms with Crippen LogP contribution in [0.4, 0.5) is 0 Å². The Morgan fingerprint density at radius 1 is 0.913 bits per heavy atom. The Morgan fingerprint density at radius 3 is 2.39 bits per heavy atom. The summed E-state index contributed by atoms with van der Waals surface area (Å²) in [6, 6.07) is 0. The molecule has 132 valence electrons. The van der Waals surface area contributed by atoms with Gasteiger partial charge in [-0.2, -0.15) is 0 Å². The summed E-state index contributed by atoms with van der Waals surface area (Å²) < 4.78 is 24.0. The molecule has 0 aromatic heterocycles. The van der Waals surface area contributed by atoms with Crippen molar-refractivity contribution in [1.82, 2.24) is 9.80 Å². The zero-order chi connectivity index (χ0) is 16.3. The molecule has 3 aliphatic rings. The van der Waals surface area contributed by atoms with E-state index >= 15 is 0 Å². The molecule has 0 bridgehead atoms. The number of hydrogen-bond donors (Lipinski definition) is 0. The van der Waals surface area contributed by atoms with E-state index < -0.39 is 9.84 Å². The van der Waals surface area contributed by atoms with Crippen LogP contribution >= 0.6 is 0 Å². The lowest BCUT2D eigenvalue weighted by atomic mass is 10.0. The summed E-state index contributed by atoms with van der Waals surface area (Å²) in [4.78, 5) is 16.7. The normalized spacial score (nSPS) is 29.7. The monoisotopic (exact) mass is 342 g/mol. The van der Waals surface area contributed by atoms with Crippen LogP contribution in [0.3, 0.4) is 0 Å². The van der Waals surface area contributed by atoms with E-state index in [1.54, 1.807) is 0 Å². The minimum Gasteiger partial charge on any atom is -0.341 e. The van der Waals surface area contributed by atoms with Gasteiger partial charge in [-0.25, -0.2) is 8.42 Å². The van der Waals surface area contributed by atoms with Crippen LogP contribution < -0.4 is 0 Å². The summed E-state index contributed by atoms with van der Waals surface area (Å²) in [6.45, 7) is 3.99. The largest absolute Gasteiger partial charge is 0.341 e. The fourth-order valence-corrected chi connectivity index (χ4v) is 6.21. The van der Waals surface area contributed by atoms with Crippen LogP contribution in [-0.2, 0) is 14.6 Å². The zero-order valence-corrected chi connectivity index (χ0v) is 14.9. The molecular formula is C17H30N2O3S. The first-order valence-electron chi connectivity index (χ1n) is 9.26. The minimum atomic E-state index is -2.87. The molecule has 1 unspecified atom stereocenters. The summed E-state index contributed by atoms with van der Waals surface area (Å²) in [5.41, 5.74) is 0. The van der Waals surface area contributed by atoms with E-state index in [-0.39, 0.29) is 5.25 Å². The SMILES string of the molecule is O=C(CC1CCCC1)N1CCCN(CC2CCCS2(=O)=O)CC1. The fourth-order valence-electron chi connectivity index (χ4n) is 4.34. The van der Waals surface area contributed by atoms with Gasteiger partial charge in [0, 0.05) is 32.6 Å². The lowest BCUT2D eigenvalue weighted by molar-refractivity contribution is -0.132. The second-order valence-corrected chi connectivity index (χ2v) is 9.92. The molecule has 0 spiro atoms. The van der Waals surface area contributed by atoms with Gasteiger partial charge in [-0.1, -0.05) is 12.8 Å². The molecule has 1 amide bonds. The predicted octanol–water partition coefficient (Wildman–Crippen LogP) is 1.68. The van der Waals surface area contributed by atoms with Crippen molar-refractivity contribution in [3.8, 4) is 0 Å². The van der Waals surface area contributed by atoms with Crippen molar-refractivity contribution in [3.05, 3.63) is 0 Å². The highest BCUT2D eigenvalue weighted by Gasteiger charge is 2.33. The van der Waals surface area contributed by atoms with Gasteiger partial charge in [0.05, 0.1) is 11.0 Å². The first-order valence-corrected chi connectivity index (χ1v) is 11.0. The predicted molar refractivity (Wildman–Crippen MR) is 91.0 cm³/mol. The van der Waals surface area contributed by atoms with Gasteiger partial charge in [0.2, 0.25) is 5.91 Å². The van der Waals surface area contributed by atoms with Crippen molar-refractivity contribution in [2.24, 2.45) is 5.92 Å². The standard InChI is InChI=1S/C17H30N2O3S/c20-17(13-15-5-1-2-6-15)19-9-4-8-18(10-11-19)14-16-7-3-12-23(16,21)22/h15-16H,1-14H2. The number of hydrogen-bond acceptors (Lipinski definition) is 4. The van der Waals surface area contributed by atoms with E-state index in [1.165, 1.54) is 25.7 Å². The number of amides is 1. The molecule has 2 aliphatic heterocycles. The van der Waals surface area contributed by atoms with Crippen molar-refractivity contribution in [2.45, 2.75) is 56.6 Å². The highest BCUT2D eigenvalue weighted by atomic mass is 32.2. The smallest absolute Gasteiger partial charge is 0.222 e. The van der Waals surface area contributed by atoms with E-state index in [4.69, 9.17) is 0 Å². The van der Waals surface area contributed by atoms with Gasteiger partial charge in [-0.15, -0.1) is 0 Å². The molecule has 3 rings (SSSR count). The van der Waals surface area contributed by atoms with Gasteiger partial charge in [0.15, 0.2) is 9.84 Å². The van der Waals surface area contributed by atoms with Crippen molar-refractivity contribution >= 4 is 15.7 Å². The van der Waals surface area contributed by atoms with E-state index in [0.29, 0.717) is 24.1 Å². The molecule has 1 saturated carbocycles. The topological polar surface area (TPSA) is 57.7 Å². The number of carbonyl (C=O) groups excluding carboxylic acids is 1. The van der Waals surface area contributed by atoms with Crippen molar-refractivity contribution < 1.29 is 13.2 Å². The van der Waals surface area contributed by atoms with Crippen LogP contribution in [-0.4, -0.2) is 67.9 Å². The molecule has 5 nitrogen and oxygen atoms in total. The summed E-state index contributed by atoms with van der Waals surface area (Å²) in [5.74, 6) is 1.27. The maximum atomic E-state index is 12.5. The maximum absolute atomic E-state index is 12.5. The zero-order valence-electron chi connectivity index (χ0n) is 14.1. The maximum Gasteiger partial charge on any atom is 0.222 e. The van der Waals surface area contributed by atoms with E-state index in [9.17, 15) is 13.2 Å². The molecule has 6 heteroatoms. The summed E-state index contributed by atoms with van der Waals surface area (Å²) >= 11 is 0. The van der Waals surface area contributed by atoms with E-state index in [2.05, 4.69) is 4.90 Å². The van der Waals surface area contributed by atoms with E-state index in [1.807, 2.05) is 4.90 Å². The van der Waals surface area contributed by atoms with Crippen LogP contribution in [0.1, 0.15) is 51.4 Å². The Bertz CT molecular complexity index is 514. The molecule has 0 N–H and O–H groups in total. The molecule has 3 fully saturated rings. The third-order valence-corrected chi connectivity index (χ3v) is 8.06. The third kappa shape index (κ3) is 4.47. The van der Waals surface area contributed by atoms with Crippen LogP contribution in [0.25, 0.3) is 0 Å². The van der Waals surface area contributed by atoms with Crippen molar-refractivity contribution in [1.29, 1.82) is 0 Å². The second kappa shape index (κ2) is 7.51. The highest BCUT2D eigenvalue weighted by Crippen LogP contribution is 2.28. The summed E-state index contributed by atoms with van der Waals surface area (Å²) in [5, 5.41) is -0.178. The number of sulfone groups is 1. The summed E-state index contributed by atoms with van der Waals surface area (Å²) in [7, 11) is -2.87. The molecule has 23 heavy (non-hydrogen) atoms. The minimum absolute atomic E-state index is 0.178. The molecule has 0 radical (unpaired) electrons.